The van der Waals surface area contributed by atoms with Crippen molar-refractivity contribution in [3.63, 3.8) is 0 Å². The van der Waals surface area contributed by atoms with Crippen molar-refractivity contribution in [2.75, 3.05) is 0 Å². The van der Waals surface area contributed by atoms with Gasteiger partial charge in [0.25, 0.3) is 0 Å². The SMILES string of the molecule is BrC1CC2CCCC(C1)C2. The van der Waals surface area contributed by atoms with Crippen LogP contribution in [0, 0.1) is 11.8 Å². The third-order valence-corrected chi connectivity index (χ3v) is 3.82. The molecule has 0 amide bonds. The highest BCUT2D eigenvalue weighted by Gasteiger charge is 2.30. The van der Waals surface area contributed by atoms with Crippen molar-refractivity contribution in [2.45, 2.75) is 43.4 Å². The van der Waals surface area contributed by atoms with E-state index in [9.17, 15) is 0 Å². The minimum Gasteiger partial charge on any atom is -0.0890 e. The van der Waals surface area contributed by atoms with Crippen LogP contribution in [-0.4, -0.2) is 4.83 Å². The lowest BCUT2D eigenvalue weighted by Gasteiger charge is -2.36. The Bertz CT molecular complexity index is 106. The molecule has 2 rings (SSSR count). The molecule has 2 aliphatic rings. The molecule has 0 saturated heterocycles. The molecular weight excluding hydrogens is 188 g/mol. The molecule has 0 nitrogen and oxygen atoms in total. The molecule has 0 aromatic carbocycles. The summed E-state index contributed by atoms with van der Waals surface area (Å²) in [4.78, 5) is 0.858. The Hall–Kier alpha value is 0.480. The number of alkyl halides is 1. The van der Waals surface area contributed by atoms with Crippen molar-refractivity contribution in [1.82, 2.24) is 0 Å². The lowest BCUT2D eigenvalue weighted by molar-refractivity contribution is 0.197. The average Bonchev–Trinajstić information content (AvgIpc) is 1.85. The zero-order valence-electron chi connectivity index (χ0n) is 6.35. The highest BCUT2D eigenvalue weighted by Crippen LogP contribution is 2.41. The number of halogens is 1. The number of rotatable bonds is 0. The van der Waals surface area contributed by atoms with Crippen molar-refractivity contribution in [3.8, 4) is 0 Å². The van der Waals surface area contributed by atoms with Crippen LogP contribution in [0.25, 0.3) is 0 Å². The fourth-order valence-electron chi connectivity index (χ4n) is 2.65. The zero-order valence-corrected chi connectivity index (χ0v) is 7.94. The predicted molar refractivity (Wildman–Crippen MR) is 47.4 cm³/mol. The summed E-state index contributed by atoms with van der Waals surface area (Å²) in [6.07, 6.45) is 8.99. The van der Waals surface area contributed by atoms with Gasteiger partial charge in [-0.15, -0.1) is 0 Å². The summed E-state index contributed by atoms with van der Waals surface area (Å²) in [7, 11) is 0. The van der Waals surface area contributed by atoms with Crippen LogP contribution in [0.2, 0.25) is 0 Å². The molecule has 2 saturated carbocycles. The van der Waals surface area contributed by atoms with E-state index < -0.39 is 0 Å². The van der Waals surface area contributed by atoms with Crippen molar-refractivity contribution in [3.05, 3.63) is 0 Å². The van der Waals surface area contributed by atoms with Gasteiger partial charge in [-0.1, -0.05) is 35.2 Å². The maximum atomic E-state index is 3.74. The summed E-state index contributed by atoms with van der Waals surface area (Å²) in [6.45, 7) is 0. The molecule has 0 heterocycles. The van der Waals surface area contributed by atoms with E-state index in [0.29, 0.717) is 0 Å². The van der Waals surface area contributed by atoms with Gasteiger partial charge in [0.05, 0.1) is 0 Å². The Morgan fingerprint density at radius 3 is 2.10 bits per heavy atom. The standard InChI is InChI=1S/C9H15Br/c10-9-5-7-2-1-3-8(4-7)6-9/h7-9H,1-6H2. The van der Waals surface area contributed by atoms with Crippen LogP contribution in [0.15, 0.2) is 0 Å². The van der Waals surface area contributed by atoms with Crippen molar-refractivity contribution in [2.24, 2.45) is 11.8 Å². The molecule has 0 radical (unpaired) electrons. The van der Waals surface area contributed by atoms with Crippen LogP contribution in [0.3, 0.4) is 0 Å². The molecule has 2 unspecified atom stereocenters. The zero-order chi connectivity index (χ0) is 6.97. The van der Waals surface area contributed by atoms with E-state index in [-0.39, 0.29) is 0 Å². The van der Waals surface area contributed by atoms with Gasteiger partial charge < -0.3 is 0 Å². The smallest absolute Gasteiger partial charge is 0.0151 e. The Kier molecular flexibility index (Phi) is 2.03. The van der Waals surface area contributed by atoms with Crippen LogP contribution >= 0.6 is 15.9 Å². The summed E-state index contributed by atoms with van der Waals surface area (Å²) < 4.78 is 0. The number of fused-ring (bicyclic) bond motifs is 2. The Morgan fingerprint density at radius 2 is 1.50 bits per heavy atom. The maximum absolute atomic E-state index is 3.74. The van der Waals surface area contributed by atoms with E-state index in [1.807, 2.05) is 0 Å². The fraction of sp³-hybridized carbons (Fsp3) is 1.00. The Morgan fingerprint density at radius 1 is 0.900 bits per heavy atom. The van der Waals surface area contributed by atoms with Gasteiger partial charge >= 0.3 is 0 Å². The van der Waals surface area contributed by atoms with E-state index in [1.165, 1.54) is 32.1 Å². The molecule has 0 aromatic heterocycles. The predicted octanol–water partition coefficient (Wildman–Crippen LogP) is 3.35. The summed E-state index contributed by atoms with van der Waals surface area (Å²) in [6, 6.07) is 0. The highest BCUT2D eigenvalue weighted by molar-refractivity contribution is 9.09. The second-order valence-corrected chi connectivity index (χ2v) is 5.26. The van der Waals surface area contributed by atoms with Crippen molar-refractivity contribution >= 4 is 15.9 Å². The molecule has 10 heavy (non-hydrogen) atoms. The van der Waals surface area contributed by atoms with Gasteiger partial charge in [0.2, 0.25) is 0 Å². The molecule has 0 spiro atoms. The lowest BCUT2D eigenvalue weighted by Crippen LogP contribution is -2.26. The van der Waals surface area contributed by atoms with Crippen LogP contribution in [0.5, 0.6) is 0 Å². The molecule has 1 heteroatoms. The van der Waals surface area contributed by atoms with E-state index >= 15 is 0 Å². The first-order chi connectivity index (χ1) is 4.84. The molecule has 2 aliphatic carbocycles. The lowest BCUT2D eigenvalue weighted by atomic mass is 9.72. The quantitative estimate of drug-likeness (QED) is 0.529. The number of hydrogen-bond donors (Lipinski definition) is 0. The van der Waals surface area contributed by atoms with Crippen molar-refractivity contribution in [1.29, 1.82) is 0 Å². The first-order valence-electron chi connectivity index (χ1n) is 4.48. The van der Waals surface area contributed by atoms with Crippen LogP contribution in [-0.2, 0) is 0 Å². The fourth-order valence-corrected chi connectivity index (χ4v) is 3.71. The Balaban J connectivity index is 1.98. The van der Waals surface area contributed by atoms with E-state index in [4.69, 9.17) is 0 Å². The van der Waals surface area contributed by atoms with Crippen LogP contribution in [0.1, 0.15) is 38.5 Å². The van der Waals surface area contributed by atoms with E-state index in [0.717, 1.165) is 16.7 Å². The third kappa shape index (κ3) is 1.39. The average molecular weight is 203 g/mol. The van der Waals surface area contributed by atoms with Crippen LogP contribution < -0.4 is 0 Å². The Labute approximate surface area is 71.5 Å². The molecule has 0 N–H and O–H groups in total. The van der Waals surface area contributed by atoms with Gasteiger partial charge in [-0.2, -0.15) is 0 Å². The summed E-state index contributed by atoms with van der Waals surface area (Å²) in [5, 5.41) is 0. The highest BCUT2D eigenvalue weighted by atomic mass is 79.9. The maximum Gasteiger partial charge on any atom is 0.0151 e. The normalized spacial score (nSPS) is 47.1. The summed E-state index contributed by atoms with van der Waals surface area (Å²) in [5.74, 6) is 2.16. The largest absolute Gasteiger partial charge is 0.0890 e. The molecule has 2 fully saturated rings. The second-order valence-electron chi connectivity index (χ2n) is 3.97. The molecule has 0 aliphatic heterocycles. The molecular formula is C9H15Br. The molecule has 58 valence electrons. The van der Waals surface area contributed by atoms with E-state index in [2.05, 4.69) is 15.9 Å². The minimum absolute atomic E-state index is 0.858. The third-order valence-electron chi connectivity index (χ3n) is 3.07. The van der Waals surface area contributed by atoms with E-state index in [1.54, 1.807) is 6.42 Å². The first kappa shape index (κ1) is 7.15. The van der Waals surface area contributed by atoms with Crippen molar-refractivity contribution < 1.29 is 0 Å². The molecule has 2 bridgehead atoms. The van der Waals surface area contributed by atoms with Gasteiger partial charge in [-0.3, -0.25) is 0 Å². The molecule has 0 aromatic rings. The van der Waals surface area contributed by atoms with Gasteiger partial charge in [0.1, 0.15) is 0 Å². The monoisotopic (exact) mass is 202 g/mol. The van der Waals surface area contributed by atoms with Gasteiger partial charge in [0.15, 0.2) is 0 Å². The van der Waals surface area contributed by atoms with Gasteiger partial charge in [0, 0.05) is 4.83 Å². The first-order valence-corrected chi connectivity index (χ1v) is 5.40. The summed E-state index contributed by atoms with van der Waals surface area (Å²) in [5.41, 5.74) is 0. The van der Waals surface area contributed by atoms with Crippen LogP contribution in [0.4, 0.5) is 0 Å². The number of hydrogen-bond acceptors (Lipinski definition) is 0. The van der Waals surface area contributed by atoms with Gasteiger partial charge in [-0.05, 0) is 31.1 Å². The topological polar surface area (TPSA) is 0 Å². The minimum atomic E-state index is 0.858. The summed E-state index contributed by atoms with van der Waals surface area (Å²) >= 11 is 3.74. The second kappa shape index (κ2) is 2.84. The van der Waals surface area contributed by atoms with Gasteiger partial charge in [-0.25, -0.2) is 0 Å². The molecule has 2 atom stereocenters.